The number of hydrogen-bond donors (Lipinski definition) is 0. The van der Waals surface area contributed by atoms with Crippen LogP contribution in [-0.4, -0.2) is 24.0 Å². The van der Waals surface area contributed by atoms with Crippen molar-refractivity contribution in [2.24, 2.45) is 11.8 Å². The van der Waals surface area contributed by atoms with Gasteiger partial charge in [0, 0.05) is 0 Å². The van der Waals surface area contributed by atoms with Gasteiger partial charge in [-0.25, -0.2) is 4.90 Å². The second-order valence-corrected chi connectivity index (χ2v) is 6.45. The summed E-state index contributed by atoms with van der Waals surface area (Å²) in [6.45, 7) is 0. The third-order valence-corrected chi connectivity index (χ3v) is 5.17. The maximum atomic E-state index is 12.6. The van der Waals surface area contributed by atoms with Gasteiger partial charge in [0.15, 0.2) is 0 Å². The average Bonchev–Trinajstić information content (AvgIpc) is 3.09. The van der Waals surface area contributed by atoms with Gasteiger partial charge in [-0.3, -0.25) is 9.59 Å². The minimum atomic E-state index is -0.474. The van der Waals surface area contributed by atoms with E-state index < -0.39 is 11.8 Å². The molecule has 7 heteroatoms. The molecule has 3 heterocycles. The van der Waals surface area contributed by atoms with Gasteiger partial charge in [0.2, 0.25) is 11.8 Å². The minimum absolute atomic E-state index is 0.215. The van der Waals surface area contributed by atoms with E-state index in [1.807, 2.05) is 12.2 Å². The number of hydrogen-bond acceptors (Lipinski definition) is 3. The number of anilines is 1. The molecule has 108 valence electrons. The average molecular weight is 345 g/mol. The van der Waals surface area contributed by atoms with Gasteiger partial charge in [0.1, 0.15) is 0 Å². The lowest BCUT2D eigenvalue weighted by Crippen LogP contribution is -2.34. The summed E-state index contributed by atoms with van der Waals surface area (Å²) in [5.41, 5.74) is 0.273. The van der Waals surface area contributed by atoms with Crippen molar-refractivity contribution in [2.75, 3.05) is 4.90 Å². The van der Waals surface area contributed by atoms with E-state index in [0.717, 1.165) is 4.90 Å². The molecular formula is C14H8Cl3NO3. The fourth-order valence-electron chi connectivity index (χ4n) is 3.22. The number of rotatable bonds is 1. The van der Waals surface area contributed by atoms with E-state index in [2.05, 4.69) is 0 Å². The Morgan fingerprint density at radius 1 is 0.857 bits per heavy atom. The van der Waals surface area contributed by atoms with E-state index in [1.54, 1.807) is 0 Å². The summed E-state index contributed by atoms with van der Waals surface area (Å²) in [5, 5.41) is 0.730. The number of amides is 2. The molecule has 2 bridgehead atoms. The number of imide groups is 1. The topological polar surface area (TPSA) is 46.6 Å². The van der Waals surface area contributed by atoms with Crippen LogP contribution in [0, 0.1) is 11.8 Å². The Balaban J connectivity index is 1.80. The second kappa shape index (κ2) is 4.46. The first-order valence-corrected chi connectivity index (χ1v) is 7.48. The van der Waals surface area contributed by atoms with Crippen LogP contribution >= 0.6 is 34.8 Å². The highest BCUT2D eigenvalue weighted by molar-refractivity contribution is 6.44. The normalized spacial score (nSPS) is 33.2. The molecule has 1 aromatic carbocycles. The fraction of sp³-hybridized carbons (Fsp3) is 0.286. The first-order valence-electron chi connectivity index (χ1n) is 6.35. The number of halogens is 3. The van der Waals surface area contributed by atoms with Crippen LogP contribution in [0.4, 0.5) is 5.69 Å². The third-order valence-electron chi connectivity index (χ3n) is 4.14. The lowest BCUT2D eigenvalue weighted by molar-refractivity contribution is -0.124. The van der Waals surface area contributed by atoms with Crippen molar-refractivity contribution >= 4 is 52.3 Å². The van der Waals surface area contributed by atoms with Crippen LogP contribution < -0.4 is 4.90 Å². The molecule has 0 aromatic heterocycles. The fourth-order valence-corrected chi connectivity index (χ4v) is 3.85. The van der Waals surface area contributed by atoms with Gasteiger partial charge >= 0.3 is 0 Å². The quantitative estimate of drug-likeness (QED) is 0.447. The van der Waals surface area contributed by atoms with Crippen molar-refractivity contribution in [1.82, 2.24) is 0 Å². The van der Waals surface area contributed by atoms with Crippen LogP contribution in [0.3, 0.4) is 0 Å². The Labute approximate surface area is 135 Å². The molecule has 2 saturated heterocycles. The van der Waals surface area contributed by atoms with Crippen LogP contribution in [0.25, 0.3) is 0 Å². The number of carbonyl (C=O) groups excluding carboxylic acids is 2. The zero-order valence-electron chi connectivity index (χ0n) is 10.4. The summed E-state index contributed by atoms with van der Waals surface area (Å²) in [5.74, 6) is -1.56. The Kier molecular flexibility index (Phi) is 2.89. The Hall–Kier alpha value is -1.07. The Bertz CT molecular complexity index is 688. The predicted molar refractivity (Wildman–Crippen MR) is 78.7 cm³/mol. The Morgan fingerprint density at radius 2 is 1.38 bits per heavy atom. The van der Waals surface area contributed by atoms with Crippen molar-refractivity contribution in [2.45, 2.75) is 12.2 Å². The lowest BCUT2D eigenvalue weighted by atomic mass is 9.85. The molecule has 21 heavy (non-hydrogen) atoms. The van der Waals surface area contributed by atoms with Gasteiger partial charge in [-0.05, 0) is 12.1 Å². The molecule has 3 aliphatic rings. The second-order valence-electron chi connectivity index (χ2n) is 5.23. The number of carbonyl (C=O) groups is 2. The van der Waals surface area contributed by atoms with Gasteiger partial charge in [-0.15, -0.1) is 0 Å². The van der Waals surface area contributed by atoms with Crippen LogP contribution in [0.5, 0.6) is 0 Å². The van der Waals surface area contributed by atoms with Gasteiger partial charge in [0.25, 0.3) is 0 Å². The highest BCUT2D eigenvalue weighted by Gasteiger charge is 2.61. The molecule has 0 radical (unpaired) electrons. The molecule has 0 spiro atoms. The summed E-state index contributed by atoms with van der Waals surface area (Å²) in [7, 11) is 0. The lowest BCUT2D eigenvalue weighted by Gasteiger charge is -2.19. The van der Waals surface area contributed by atoms with Gasteiger partial charge in [-0.1, -0.05) is 47.0 Å². The van der Waals surface area contributed by atoms with Crippen LogP contribution in [-0.2, 0) is 14.3 Å². The van der Waals surface area contributed by atoms with Crippen LogP contribution in [0.2, 0.25) is 15.1 Å². The molecule has 2 amide bonds. The third kappa shape index (κ3) is 1.73. The summed E-state index contributed by atoms with van der Waals surface area (Å²) in [6.07, 6.45) is 3.00. The monoisotopic (exact) mass is 343 g/mol. The molecule has 0 N–H and O–H groups in total. The van der Waals surface area contributed by atoms with E-state index in [1.165, 1.54) is 12.1 Å². The maximum Gasteiger partial charge on any atom is 0.240 e. The SMILES string of the molecule is O=C1[C@@H]2[C@@H](C(=O)N1c1cc(Cl)c(Cl)cc1Cl)[C@H]1C=C[C@H]2O1. The Morgan fingerprint density at radius 3 is 1.95 bits per heavy atom. The minimum Gasteiger partial charge on any atom is -0.365 e. The van der Waals surface area contributed by atoms with Gasteiger partial charge in [-0.2, -0.15) is 0 Å². The largest absolute Gasteiger partial charge is 0.365 e. The van der Waals surface area contributed by atoms with Crippen molar-refractivity contribution in [3.05, 3.63) is 39.4 Å². The highest BCUT2D eigenvalue weighted by atomic mass is 35.5. The van der Waals surface area contributed by atoms with Crippen LogP contribution in [0.1, 0.15) is 0 Å². The first kappa shape index (κ1) is 13.6. The van der Waals surface area contributed by atoms with Gasteiger partial charge < -0.3 is 4.74 Å². The summed E-state index contributed by atoms with van der Waals surface area (Å²) >= 11 is 18.0. The molecule has 0 aliphatic carbocycles. The van der Waals surface area contributed by atoms with Crippen molar-refractivity contribution in [1.29, 1.82) is 0 Å². The number of nitrogens with zero attached hydrogens (tertiary/aromatic N) is 1. The molecule has 4 nitrogen and oxygen atoms in total. The standard InChI is InChI=1S/C14H8Cl3NO3/c15-5-3-7(17)8(4-6(5)16)18-13(19)11-9-1-2-10(21-9)12(11)14(18)20/h1-4,9-12H/t9-,10-,11+,12+/m1/s1. The molecule has 3 aliphatic heterocycles. The molecule has 4 rings (SSSR count). The van der Waals surface area contributed by atoms with Crippen molar-refractivity contribution in [3.63, 3.8) is 0 Å². The van der Waals surface area contributed by atoms with Gasteiger partial charge in [0.05, 0.1) is 44.8 Å². The van der Waals surface area contributed by atoms with E-state index in [9.17, 15) is 9.59 Å². The molecule has 2 fully saturated rings. The van der Waals surface area contributed by atoms with E-state index in [0.29, 0.717) is 0 Å². The molecule has 0 saturated carbocycles. The van der Waals surface area contributed by atoms with E-state index in [-0.39, 0.29) is 44.8 Å². The molecule has 0 unspecified atom stereocenters. The smallest absolute Gasteiger partial charge is 0.240 e. The maximum absolute atomic E-state index is 12.6. The molecule has 4 atom stereocenters. The molecular weight excluding hydrogens is 337 g/mol. The summed E-state index contributed by atoms with van der Waals surface area (Å²) in [4.78, 5) is 26.3. The number of benzene rings is 1. The van der Waals surface area contributed by atoms with Crippen molar-refractivity contribution in [3.8, 4) is 0 Å². The zero-order chi connectivity index (χ0) is 14.9. The summed E-state index contributed by atoms with van der Waals surface area (Å²) < 4.78 is 5.58. The number of fused-ring (bicyclic) bond motifs is 5. The van der Waals surface area contributed by atoms with E-state index in [4.69, 9.17) is 39.5 Å². The van der Waals surface area contributed by atoms with Crippen molar-refractivity contribution < 1.29 is 14.3 Å². The highest BCUT2D eigenvalue weighted by Crippen LogP contribution is 2.48. The molecule has 1 aromatic rings. The van der Waals surface area contributed by atoms with Crippen LogP contribution in [0.15, 0.2) is 24.3 Å². The zero-order valence-corrected chi connectivity index (χ0v) is 12.7. The summed E-state index contributed by atoms with van der Waals surface area (Å²) in [6, 6.07) is 2.87. The first-order chi connectivity index (χ1) is 9.99. The predicted octanol–water partition coefficient (Wildman–Crippen LogP) is 3.09. The van der Waals surface area contributed by atoms with E-state index >= 15 is 0 Å². The number of ether oxygens (including phenoxy) is 1.